The molecule has 0 saturated heterocycles. The lowest BCUT2D eigenvalue weighted by atomic mass is 10.1. The van der Waals surface area contributed by atoms with E-state index >= 15 is 0 Å². The first-order chi connectivity index (χ1) is 18.8. The van der Waals surface area contributed by atoms with Gasteiger partial charge in [0.2, 0.25) is 11.8 Å². The zero-order valence-corrected chi connectivity index (χ0v) is 24.1. The molecule has 1 rings (SSSR count). The van der Waals surface area contributed by atoms with Gasteiger partial charge in [0, 0.05) is 38.9 Å². The van der Waals surface area contributed by atoms with Crippen LogP contribution >= 0.6 is 11.8 Å². The highest BCUT2D eigenvalue weighted by Gasteiger charge is 2.32. The number of carbonyl (C=O) groups excluding carboxylic acids is 3. The minimum absolute atomic E-state index is 0.0107. The summed E-state index contributed by atoms with van der Waals surface area (Å²) in [5.41, 5.74) is 18.0. The van der Waals surface area contributed by atoms with Crippen molar-refractivity contribution in [1.82, 2.24) is 20.9 Å². The van der Waals surface area contributed by atoms with Crippen molar-refractivity contribution in [3.63, 3.8) is 0 Å². The zero-order chi connectivity index (χ0) is 28.9. The Hall–Kier alpha value is -2.71. The molecule has 0 heterocycles. The Labute approximate surface area is 236 Å². The van der Waals surface area contributed by atoms with E-state index in [-0.39, 0.29) is 30.2 Å². The largest absolute Gasteiger partial charge is 0.383 e. The fraction of sp³-hybridized carbons (Fsp3) is 0.615. The monoisotopic (exact) mass is 566 g/mol. The van der Waals surface area contributed by atoms with Gasteiger partial charge in [0.25, 0.3) is 5.91 Å². The first-order valence-corrected chi connectivity index (χ1v) is 14.4. The molecule has 0 bridgehead atoms. The number of thioether (sulfide) groups is 1. The average Bonchev–Trinajstić information content (AvgIpc) is 2.95. The Kier molecular flexibility index (Phi) is 17.8. The van der Waals surface area contributed by atoms with Crippen LogP contribution in [0.3, 0.4) is 0 Å². The third kappa shape index (κ3) is 14.9. The molecule has 9 N–H and O–H groups in total. The molecular weight excluding hydrogens is 520 g/mol. The molecule has 3 amide bonds. The molecule has 39 heavy (non-hydrogen) atoms. The summed E-state index contributed by atoms with van der Waals surface area (Å²) in [6.45, 7) is 4.44. The van der Waals surface area contributed by atoms with E-state index < -0.39 is 4.87 Å². The highest BCUT2D eigenvalue weighted by molar-refractivity contribution is 8.00. The summed E-state index contributed by atoms with van der Waals surface area (Å²) in [4.78, 5) is 41.6. The minimum Gasteiger partial charge on any atom is -0.383 e. The number of nitrogens with zero attached hydrogens (tertiary/aromatic N) is 2. The second kappa shape index (κ2) is 20.2. The van der Waals surface area contributed by atoms with Crippen molar-refractivity contribution in [1.29, 1.82) is 0 Å². The maximum Gasteiger partial charge on any atom is 0.257 e. The number of hydrogen-bond donors (Lipinski definition) is 6. The summed E-state index contributed by atoms with van der Waals surface area (Å²) in [7, 11) is 1.66. The predicted octanol–water partition coefficient (Wildman–Crippen LogP) is -0.161. The number of nitrogens with one attached hydrogen (secondary N) is 3. The van der Waals surface area contributed by atoms with Gasteiger partial charge >= 0.3 is 0 Å². The summed E-state index contributed by atoms with van der Waals surface area (Å²) in [6.07, 6.45) is 5.23. The van der Waals surface area contributed by atoms with Crippen LogP contribution in [0.5, 0.6) is 0 Å². The van der Waals surface area contributed by atoms with Crippen LogP contribution in [0.4, 0.5) is 0 Å². The summed E-state index contributed by atoms with van der Waals surface area (Å²) in [5, 5.41) is 8.30. The molecule has 1 aromatic carbocycles. The molecule has 0 aromatic heterocycles. The lowest BCUT2D eigenvalue weighted by Gasteiger charge is -2.27. The normalized spacial score (nSPS) is 13.1. The molecule has 1 unspecified atom stereocenters. The SMILES string of the molecule is COCCN(CCCNC(=O)CN)CCCNC(=O)C(N)(CCCCN=C(N)NC(=O)c1ccccc1)SC. The van der Waals surface area contributed by atoms with Crippen molar-refractivity contribution in [3.8, 4) is 0 Å². The lowest BCUT2D eigenvalue weighted by molar-refractivity contribution is -0.123. The number of methoxy groups -OCH3 is 1. The number of benzene rings is 1. The first kappa shape index (κ1) is 34.3. The fourth-order valence-corrected chi connectivity index (χ4v) is 4.24. The first-order valence-electron chi connectivity index (χ1n) is 13.2. The van der Waals surface area contributed by atoms with Crippen molar-refractivity contribution in [2.75, 3.05) is 65.8 Å². The summed E-state index contributed by atoms with van der Waals surface area (Å²) >= 11 is 1.32. The molecule has 0 spiro atoms. The minimum atomic E-state index is -1.03. The van der Waals surface area contributed by atoms with Crippen LogP contribution in [0.25, 0.3) is 0 Å². The van der Waals surface area contributed by atoms with E-state index in [9.17, 15) is 14.4 Å². The Morgan fingerprint density at radius 1 is 1.03 bits per heavy atom. The number of aliphatic imine (C=N–C) groups is 1. The van der Waals surface area contributed by atoms with Gasteiger partial charge in [-0.05, 0) is 63.6 Å². The second-order valence-electron chi connectivity index (χ2n) is 8.99. The Morgan fingerprint density at radius 3 is 2.31 bits per heavy atom. The van der Waals surface area contributed by atoms with Gasteiger partial charge in [0.1, 0.15) is 4.87 Å². The standard InChI is InChI=1S/C26H46N8O4S/c1-38-19-18-34(16-8-14-30-22(35)20-27)17-9-15-31-24(37)26(29,39-2)12-6-7-13-32-25(28)33-23(36)21-10-4-3-5-11-21/h3-5,10-11H,6-9,12-20,27,29H2,1-2H3,(H,30,35)(H,31,37)(H3,28,32,33,36). The zero-order valence-electron chi connectivity index (χ0n) is 23.2. The molecule has 0 fully saturated rings. The molecule has 1 aromatic rings. The third-order valence-electron chi connectivity index (χ3n) is 5.97. The van der Waals surface area contributed by atoms with Gasteiger partial charge in [0.15, 0.2) is 5.96 Å². The van der Waals surface area contributed by atoms with Gasteiger partial charge in [-0.1, -0.05) is 18.2 Å². The van der Waals surface area contributed by atoms with E-state index in [1.807, 2.05) is 12.3 Å². The molecule has 0 aliphatic heterocycles. The van der Waals surface area contributed by atoms with Crippen LogP contribution in [0.2, 0.25) is 0 Å². The number of ether oxygens (including phenoxy) is 1. The van der Waals surface area contributed by atoms with E-state index in [2.05, 4.69) is 25.8 Å². The molecule has 12 nitrogen and oxygen atoms in total. The maximum atomic E-state index is 12.8. The summed E-state index contributed by atoms with van der Waals surface area (Å²) < 4.78 is 5.19. The molecule has 0 saturated carbocycles. The molecule has 220 valence electrons. The van der Waals surface area contributed by atoms with E-state index in [1.165, 1.54) is 11.8 Å². The van der Waals surface area contributed by atoms with Gasteiger partial charge in [-0.3, -0.25) is 24.7 Å². The van der Waals surface area contributed by atoms with Crippen molar-refractivity contribution in [2.24, 2.45) is 22.2 Å². The van der Waals surface area contributed by atoms with E-state index in [0.717, 1.165) is 32.5 Å². The number of nitrogens with two attached hydrogens (primary N) is 3. The van der Waals surface area contributed by atoms with Crippen LogP contribution in [-0.4, -0.2) is 99.2 Å². The van der Waals surface area contributed by atoms with Gasteiger partial charge in [-0.2, -0.15) is 0 Å². The van der Waals surface area contributed by atoms with E-state index in [4.69, 9.17) is 21.9 Å². The summed E-state index contributed by atoms with van der Waals surface area (Å²) in [6, 6.07) is 8.77. The molecule has 1 atom stereocenters. The van der Waals surface area contributed by atoms with E-state index in [0.29, 0.717) is 51.1 Å². The second-order valence-corrected chi connectivity index (χ2v) is 10.1. The van der Waals surface area contributed by atoms with Crippen LogP contribution in [0.1, 0.15) is 42.5 Å². The van der Waals surface area contributed by atoms with E-state index in [1.54, 1.807) is 31.4 Å². The topological polar surface area (TPSA) is 190 Å². The number of unbranched alkanes of at least 4 members (excludes halogenated alkanes) is 1. The predicted molar refractivity (Wildman–Crippen MR) is 157 cm³/mol. The number of guanidine groups is 1. The maximum absolute atomic E-state index is 12.8. The Morgan fingerprint density at radius 2 is 1.69 bits per heavy atom. The van der Waals surface area contributed by atoms with Crippen LogP contribution in [-0.2, 0) is 14.3 Å². The highest BCUT2D eigenvalue weighted by atomic mass is 32.2. The van der Waals surface area contributed by atoms with Gasteiger partial charge in [0.05, 0.1) is 13.2 Å². The third-order valence-corrected chi connectivity index (χ3v) is 7.09. The van der Waals surface area contributed by atoms with Crippen LogP contribution in [0, 0.1) is 0 Å². The average molecular weight is 567 g/mol. The number of hydrogen-bond acceptors (Lipinski definition) is 9. The fourth-order valence-electron chi connectivity index (χ4n) is 3.64. The molecule has 13 heteroatoms. The van der Waals surface area contributed by atoms with Gasteiger partial charge in [-0.15, -0.1) is 11.8 Å². The van der Waals surface area contributed by atoms with Crippen LogP contribution < -0.4 is 33.2 Å². The highest BCUT2D eigenvalue weighted by Crippen LogP contribution is 2.23. The Balaban J connectivity index is 2.34. The number of rotatable bonds is 20. The quantitative estimate of drug-likeness (QED) is 0.0539. The molecular formula is C26H46N8O4S. The van der Waals surface area contributed by atoms with Crippen molar-refractivity contribution in [3.05, 3.63) is 35.9 Å². The van der Waals surface area contributed by atoms with Gasteiger partial charge in [-0.25, -0.2) is 0 Å². The van der Waals surface area contributed by atoms with Crippen LogP contribution in [0.15, 0.2) is 35.3 Å². The number of carbonyl (C=O) groups is 3. The van der Waals surface area contributed by atoms with Crippen molar-refractivity contribution in [2.45, 2.75) is 37.0 Å². The smallest absolute Gasteiger partial charge is 0.257 e. The molecule has 0 aliphatic rings. The lowest BCUT2D eigenvalue weighted by Crippen LogP contribution is -2.51. The van der Waals surface area contributed by atoms with Crippen molar-refractivity contribution >= 4 is 35.4 Å². The molecule has 0 aliphatic carbocycles. The van der Waals surface area contributed by atoms with Crippen molar-refractivity contribution < 1.29 is 19.1 Å². The van der Waals surface area contributed by atoms with Gasteiger partial charge < -0.3 is 37.5 Å². The number of amides is 3. The summed E-state index contributed by atoms with van der Waals surface area (Å²) in [5.74, 6) is -0.606. The molecule has 0 radical (unpaired) electrons. The Bertz CT molecular complexity index is 890.